The smallest absolute Gasteiger partial charge is 0.542 e. The number of ketones is 3. The zero-order chi connectivity index (χ0) is 57.4. The van der Waals surface area contributed by atoms with Crippen LogP contribution in [-0.2, 0) is 19.2 Å². The van der Waals surface area contributed by atoms with Gasteiger partial charge in [0.1, 0.15) is 25.0 Å². The molecule has 12 saturated carbocycles. The van der Waals surface area contributed by atoms with Gasteiger partial charge in [-0.2, -0.15) is 13.2 Å². The maximum Gasteiger partial charge on any atom is 1.00 e. The third kappa shape index (κ3) is 12.8. The van der Waals surface area contributed by atoms with Crippen molar-refractivity contribution in [1.82, 2.24) is 0 Å². The van der Waals surface area contributed by atoms with Gasteiger partial charge in [-0.15, -0.1) is 0 Å². The van der Waals surface area contributed by atoms with E-state index in [0.29, 0.717) is 28.9 Å². The molecule has 12 aliphatic carbocycles. The Morgan fingerprint density at radius 2 is 0.688 bits per heavy atom. The summed E-state index contributed by atoms with van der Waals surface area (Å²) < 4.78 is 31.5. The number of carbonyl (C=O) groups is 4. The molecule has 0 aromatic heterocycles. The fraction of sp³-hybridized carbons (Fsp3) is 0.938. The molecule has 15 heteroatoms. The number of carboxylic acid groups (broad SMARTS) is 1. The summed E-state index contributed by atoms with van der Waals surface area (Å²) in [7, 11) is 0. The SMILES string of the molecule is C[C@@]1(O)CC[C@H]2[C@@H](CC[C@@H]3[C@@H]2CC[C@]2(C)[C@@H](C(=O)CBr)CC[C@@H]32)C1.C[C@@]1(O)CC[C@H]2[C@@H](CC[C@@H]3[C@@H]2CC[C@]2(C)[C@@H](C(=O)CO)CC[C@@H]32)C1.C[C@]1(O)CC[C@H]2[C@@H](CC[C@@H]3[C@@H]2CC[C@]2(C)[C@@H](C(=O)CO)CC[C@@H]32)C1.O=C([O-])C(F)(F)F.[Na+]. The first-order valence-corrected chi connectivity index (χ1v) is 32.9. The molecule has 12 fully saturated rings. The summed E-state index contributed by atoms with van der Waals surface area (Å²) in [6.07, 6.45) is 26.3. The fourth-order valence-electron chi connectivity index (χ4n) is 23.1. The first-order valence-electron chi connectivity index (χ1n) is 31.8. The number of aliphatic hydroxyl groups excluding tert-OH is 2. The van der Waals surface area contributed by atoms with Crippen LogP contribution in [0.2, 0.25) is 0 Å². The predicted octanol–water partition coefficient (Wildman–Crippen LogP) is 8.41. The molecule has 0 aromatic rings. The number of fused-ring (bicyclic) bond motifs is 15. The minimum Gasteiger partial charge on any atom is -0.542 e. The average molecular weight is 1200 g/mol. The van der Waals surface area contributed by atoms with Crippen LogP contribution >= 0.6 is 15.9 Å². The van der Waals surface area contributed by atoms with Gasteiger partial charge in [-0.1, -0.05) is 36.7 Å². The summed E-state index contributed by atoms with van der Waals surface area (Å²) in [6.45, 7) is 12.7. The maximum atomic E-state index is 12.5. The van der Waals surface area contributed by atoms with E-state index < -0.39 is 28.9 Å². The van der Waals surface area contributed by atoms with Crippen molar-refractivity contribution in [2.75, 3.05) is 18.5 Å². The molecule has 80 heavy (non-hydrogen) atoms. The normalized spacial score (nSPS) is 49.4. The Hall–Kier alpha value is -0.450. The molecular weight excluding hydrogens is 1100 g/mol. The molecule has 24 atom stereocenters. The molecule has 0 heterocycles. The zero-order valence-corrected chi connectivity index (χ0v) is 53.5. The predicted molar refractivity (Wildman–Crippen MR) is 298 cm³/mol. The molecule has 0 aromatic carbocycles. The van der Waals surface area contributed by atoms with Crippen molar-refractivity contribution in [3.05, 3.63) is 0 Å². The molecule has 0 radical (unpaired) electrons. The first-order chi connectivity index (χ1) is 37.0. The molecule has 12 aliphatic rings. The van der Waals surface area contributed by atoms with E-state index in [-0.39, 0.29) is 82.4 Å². The molecule has 0 unspecified atom stereocenters. The van der Waals surface area contributed by atoms with Gasteiger partial charge in [0.15, 0.2) is 11.6 Å². The maximum absolute atomic E-state index is 12.5. The van der Waals surface area contributed by atoms with E-state index in [4.69, 9.17) is 9.90 Å². The summed E-state index contributed by atoms with van der Waals surface area (Å²) in [5.74, 6) is 9.80. The van der Waals surface area contributed by atoms with Crippen LogP contribution in [0.1, 0.15) is 215 Å². The minimum absolute atomic E-state index is 0. The number of alkyl halides is 4. The van der Waals surface area contributed by atoms with Crippen LogP contribution in [0.4, 0.5) is 13.2 Å². The van der Waals surface area contributed by atoms with Crippen LogP contribution in [0.5, 0.6) is 0 Å². The Bertz CT molecular complexity index is 1990. The Morgan fingerprint density at radius 3 is 0.938 bits per heavy atom. The van der Waals surface area contributed by atoms with Crippen LogP contribution in [0.15, 0.2) is 0 Å². The van der Waals surface area contributed by atoms with Gasteiger partial charge in [0.05, 0.1) is 22.1 Å². The van der Waals surface area contributed by atoms with Gasteiger partial charge >= 0.3 is 35.7 Å². The third-order valence-corrected chi connectivity index (χ3v) is 27.1. The summed E-state index contributed by atoms with van der Waals surface area (Å²) in [5.41, 5.74) is -0.773. The van der Waals surface area contributed by atoms with E-state index in [2.05, 4.69) is 36.7 Å². The van der Waals surface area contributed by atoms with Crippen molar-refractivity contribution in [3.8, 4) is 0 Å². The summed E-state index contributed by atoms with van der Waals surface area (Å²) >= 11 is 3.42. The molecule has 0 aliphatic heterocycles. The van der Waals surface area contributed by atoms with E-state index >= 15 is 0 Å². The standard InChI is InChI=1S/C21H33BrO2.2C21H34O3.C2HF3O2.Na/c3*1-20(24)9-7-14-13(11-20)3-4-16-15(14)8-10-21(2)17(16)5-6-18(21)19(23)12-22;3-2(4,5)1(6)7;/h13-18,24H,3-12H2,1-2H3;2*13-18,22,24H,3-12H2,1-2H3;(H,6,7);/q;;;;+1/p-1/t2*13-,14-,15+,16+,17-,18+,20+,21-;13-,14-,15+,16+,17-,18+,20-,21-;;/m000../s1. The van der Waals surface area contributed by atoms with Gasteiger partial charge in [0, 0.05) is 17.8 Å². The van der Waals surface area contributed by atoms with Crippen LogP contribution in [0.3, 0.4) is 0 Å². The van der Waals surface area contributed by atoms with Crippen molar-refractivity contribution in [3.63, 3.8) is 0 Å². The molecule has 0 saturated heterocycles. The second-order valence-electron chi connectivity index (χ2n) is 30.7. The van der Waals surface area contributed by atoms with Gasteiger partial charge in [0.2, 0.25) is 0 Å². The van der Waals surface area contributed by atoms with Gasteiger partial charge in [-0.3, -0.25) is 14.4 Å². The molecule has 5 N–H and O–H groups in total. The van der Waals surface area contributed by atoms with Gasteiger partial charge < -0.3 is 35.4 Å². The molecule has 0 spiro atoms. The molecular formula is C65H101BrF3NaO10. The van der Waals surface area contributed by atoms with Crippen molar-refractivity contribution in [2.45, 2.75) is 238 Å². The van der Waals surface area contributed by atoms with Crippen LogP contribution in [0, 0.1) is 123 Å². The van der Waals surface area contributed by atoms with E-state index in [9.17, 15) is 53.1 Å². The number of carbonyl (C=O) groups excluding carboxylic acids is 4. The van der Waals surface area contributed by atoms with Crippen LogP contribution in [0.25, 0.3) is 0 Å². The Labute approximate surface area is 507 Å². The number of aliphatic hydroxyl groups is 5. The van der Waals surface area contributed by atoms with E-state index in [0.717, 1.165) is 148 Å². The van der Waals surface area contributed by atoms with E-state index in [1.165, 1.54) is 103 Å². The number of hydrogen-bond acceptors (Lipinski definition) is 10. The molecule has 12 rings (SSSR count). The topological polar surface area (TPSA) is 192 Å². The number of carboxylic acids is 1. The van der Waals surface area contributed by atoms with Gasteiger partial charge in [-0.25, -0.2) is 0 Å². The monoisotopic (exact) mass is 1200 g/mol. The van der Waals surface area contributed by atoms with Gasteiger partial charge in [-0.05, 0) is 299 Å². The number of aliphatic carboxylic acids is 1. The number of rotatable bonds is 6. The quantitative estimate of drug-likeness (QED) is 0.127. The van der Waals surface area contributed by atoms with E-state index in [1.807, 2.05) is 20.8 Å². The molecule has 10 nitrogen and oxygen atoms in total. The second-order valence-corrected chi connectivity index (χ2v) is 31.2. The van der Waals surface area contributed by atoms with E-state index in [1.54, 1.807) is 0 Å². The Morgan fingerprint density at radius 1 is 0.425 bits per heavy atom. The van der Waals surface area contributed by atoms with Gasteiger partial charge in [0.25, 0.3) is 0 Å². The van der Waals surface area contributed by atoms with Crippen molar-refractivity contribution in [2.24, 2.45) is 123 Å². The molecule has 450 valence electrons. The zero-order valence-electron chi connectivity index (χ0n) is 49.9. The summed E-state index contributed by atoms with van der Waals surface area (Å²) in [5, 5.41) is 59.5. The minimum atomic E-state index is -5.19. The van der Waals surface area contributed by atoms with Crippen LogP contribution < -0.4 is 34.7 Å². The second kappa shape index (κ2) is 25.0. The third-order valence-electron chi connectivity index (χ3n) is 26.6. The summed E-state index contributed by atoms with van der Waals surface area (Å²) in [6, 6.07) is 0. The van der Waals surface area contributed by atoms with Crippen molar-refractivity contribution < 1.29 is 92.5 Å². The summed E-state index contributed by atoms with van der Waals surface area (Å²) in [4.78, 5) is 45.8. The van der Waals surface area contributed by atoms with Crippen LogP contribution in [-0.4, -0.2) is 90.4 Å². The Kier molecular flexibility index (Phi) is 20.5. The van der Waals surface area contributed by atoms with Crippen molar-refractivity contribution >= 4 is 39.2 Å². The molecule has 0 bridgehead atoms. The largest absolute Gasteiger partial charge is 1.00 e. The fourth-order valence-corrected chi connectivity index (χ4v) is 23.5. The average Bonchev–Trinajstić information content (AvgIpc) is 4.23. The number of hydrogen-bond donors (Lipinski definition) is 5. The number of halogens is 4. The Balaban J connectivity index is 0.000000148. The van der Waals surface area contributed by atoms with Crippen molar-refractivity contribution in [1.29, 1.82) is 0 Å². The first kappa shape index (κ1) is 65.5. The number of Topliss-reactive ketones (excluding diaryl/α,β-unsaturated/α-hetero) is 3. The molecule has 0 amide bonds.